The molecular weight excluding hydrogens is 367 g/mol. The molecule has 0 amide bonds. The fourth-order valence-corrected chi connectivity index (χ4v) is 3.38. The van der Waals surface area contributed by atoms with Crippen molar-refractivity contribution in [3.8, 4) is 0 Å². The Morgan fingerprint density at radius 2 is 1.60 bits per heavy atom. The smallest absolute Gasteiger partial charge is 0.308 e. The van der Waals surface area contributed by atoms with Crippen molar-refractivity contribution in [3.63, 3.8) is 0 Å². The molecule has 1 rings (SSSR count). The number of Topliss-reactive ketones (excluding diaryl/α,β-unsaturated/α-hetero) is 1. The molecular formula is C16H27IO3. The summed E-state index contributed by atoms with van der Waals surface area (Å²) in [6.07, 6.45) is 9.23. The van der Waals surface area contributed by atoms with Gasteiger partial charge in [-0.1, -0.05) is 55.2 Å². The summed E-state index contributed by atoms with van der Waals surface area (Å²) in [5, 5.41) is 0. The SMILES string of the molecule is CCCCCCCOC(=O)C1CCC(C(=O)CI)CC1. The number of halogens is 1. The minimum atomic E-state index is -0.0409. The zero-order valence-corrected chi connectivity index (χ0v) is 14.7. The summed E-state index contributed by atoms with van der Waals surface area (Å²) in [5.74, 6) is 0.517. The van der Waals surface area contributed by atoms with Crippen molar-refractivity contribution in [3.05, 3.63) is 0 Å². The van der Waals surface area contributed by atoms with Crippen LogP contribution in [0.5, 0.6) is 0 Å². The maximum atomic E-state index is 11.9. The highest BCUT2D eigenvalue weighted by atomic mass is 127. The Labute approximate surface area is 136 Å². The molecule has 0 saturated heterocycles. The zero-order chi connectivity index (χ0) is 14.8. The number of carbonyl (C=O) groups excluding carboxylic acids is 2. The Bertz CT molecular complexity index is 296. The molecule has 20 heavy (non-hydrogen) atoms. The van der Waals surface area contributed by atoms with Gasteiger partial charge in [-0.25, -0.2) is 0 Å². The second-order valence-corrected chi connectivity index (χ2v) is 6.49. The van der Waals surface area contributed by atoms with E-state index >= 15 is 0 Å². The van der Waals surface area contributed by atoms with Crippen molar-refractivity contribution in [2.24, 2.45) is 11.8 Å². The molecule has 1 saturated carbocycles. The van der Waals surface area contributed by atoms with Crippen LogP contribution >= 0.6 is 22.6 Å². The number of ether oxygens (including phenoxy) is 1. The molecule has 0 heterocycles. The predicted molar refractivity (Wildman–Crippen MR) is 89.1 cm³/mol. The van der Waals surface area contributed by atoms with Crippen LogP contribution in [0.25, 0.3) is 0 Å². The molecule has 1 fully saturated rings. The van der Waals surface area contributed by atoms with Crippen LogP contribution < -0.4 is 0 Å². The first kappa shape index (κ1) is 17.9. The average Bonchev–Trinajstić information content (AvgIpc) is 2.50. The van der Waals surface area contributed by atoms with E-state index in [9.17, 15) is 9.59 Å². The molecule has 1 aliphatic carbocycles. The summed E-state index contributed by atoms with van der Waals surface area (Å²) < 4.78 is 5.95. The van der Waals surface area contributed by atoms with E-state index in [0.29, 0.717) is 16.8 Å². The number of hydrogen-bond acceptors (Lipinski definition) is 3. The molecule has 0 aromatic heterocycles. The lowest BCUT2D eigenvalue weighted by atomic mass is 9.80. The van der Waals surface area contributed by atoms with Gasteiger partial charge in [0, 0.05) is 5.92 Å². The third-order valence-electron chi connectivity index (χ3n) is 4.14. The molecule has 1 aliphatic rings. The van der Waals surface area contributed by atoms with Crippen molar-refractivity contribution >= 4 is 34.3 Å². The largest absolute Gasteiger partial charge is 0.465 e. The molecule has 3 nitrogen and oxygen atoms in total. The van der Waals surface area contributed by atoms with E-state index in [0.717, 1.165) is 38.5 Å². The number of alkyl halides is 1. The number of hydrogen-bond donors (Lipinski definition) is 0. The third-order valence-corrected chi connectivity index (χ3v) is 4.89. The molecule has 0 aromatic carbocycles. The Morgan fingerprint density at radius 1 is 1.00 bits per heavy atom. The van der Waals surface area contributed by atoms with Crippen LogP contribution in [0.3, 0.4) is 0 Å². The van der Waals surface area contributed by atoms with Crippen molar-refractivity contribution in [2.45, 2.75) is 64.7 Å². The van der Waals surface area contributed by atoms with E-state index in [1.54, 1.807) is 0 Å². The predicted octanol–water partition coefficient (Wildman–Crippen LogP) is 4.31. The van der Waals surface area contributed by atoms with E-state index < -0.39 is 0 Å². The first-order chi connectivity index (χ1) is 9.69. The normalized spacial score (nSPS) is 22.5. The molecule has 0 atom stereocenters. The minimum absolute atomic E-state index is 0.0314. The summed E-state index contributed by atoms with van der Waals surface area (Å²) >= 11 is 2.13. The van der Waals surface area contributed by atoms with Crippen LogP contribution in [0, 0.1) is 11.8 Å². The Balaban J connectivity index is 2.11. The van der Waals surface area contributed by atoms with E-state index in [1.165, 1.54) is 19.3 Å². The average molecular weight is 394 g/mol. The second-order valence-electron chi connectivity index (χ2n) is 5.73. The maximum absolute atomic E-state index is 11.9. The molecule has 0 N–H and O–H groups in total. The molecule has 0 radical (unpaired) electrons. The van der Waals surface area contributed by atoms with Crippen molar-refractivity contribution in [1.82, 2.24) is 0 Å². The number of rotatable bonds is 9. The highest BCUT2D eigenvalue weighted by Crippen LogP contribution is 2.30. The van der Waals surface area contributed by atoms with Crippen LogP contribution in [-0.2, 0) is 14.3 Å². The molecule has 0 aromatic rings. The quantitative estimate of drug-likeness (QED) is 0.253. The maximum Gasteiger partial charge on any atom is 0.308 e. The van der Waals surface area contributed by atoms with Crippen molar-refractivity contribution in [1.29, 1.82) is 0 Å². The molecule has 4 heteroatoms. The molecule has 116 valence electrons. The summed E-state index contributed by atoms with van der Waals surface area (Å²) in [6, 6.07) is 0. The lowest BCUT2D eigenvalue weighted by molar-refractivity contribution is -0.150. The van der Waals surface area contributed by atoms with E-state index in [1.807, 2.05) is 0 Å². The van der Waals surface area contributed by atoms with Gasteiger partial charge < -0.3 is 4.74 Å². The van der Waals surface area contributed by atoms with Crippen molar-refractivity contribution in [2.75, 3.05) is 11.0 Å². The van der Waals surface area contributed by atoms with Gasteiger partial charge in [0.25, 0.3) is 0 Å². The standard InChI is InChI=1S/C16H27IO3/c1-2-3-4-5-6-11-20-16(19)14-9-7-13(8-10-14)15(18)12-17/h13-14H,2-12H2,1H3. The summed E-state index contributed by atoms with van der Waals surface area (Å²) in [7, 11) is 0. The zero-order valence-electron chi connectivity index (χ0n) is 12.5. The van der Waals surface area contributed by atoms with E-state index in [-0.39, 0.29) is 17.8 Å². The third kappa shape index (κ3) is 6.55. The van der Waals surface area contributed by atoms with Gasteiger partial charge in [0.05, 0.1) is 17.0 Å². The summed E-state index contributed by atoms with van der Waals surface area (Å²) in [6.45, 7) is 2.76. The Kier molecular flexibility index (Phi) is 9.48. The van der Waals surface area contributed by atoms with Crippen LogP contribution in [0.15, 0.2) is 0 Å². The lowest BCUT2D eigenvalue weighted by Crippen LogP contribution is -2.27. The Hall–Kier alpha value is -0.130. The number of carbonyl (C=O) groups is 2. The van der Waals surface area contributed by atoms with Gasteiger partial charge in [0.2, 0.25) is 0 Å². The minimum Gasteiger partial charge on any atom is -0.465 e. The number of unbranched alkanes of at least 4 members (excludes halogenated alkanes) is 4. The monoisotopic (exact) mass is 394 g/mol. The molecule has 0 unspecified atom stereocenters. The van der Waals surface area contributed by atoms with E-state index in [4.69, 9.17) is 4.74 Å². The van der Waals surface area contributed by atoms with Gasteiger partial charge in [0.1, 0.15) is 5.78 Å². The summed E-state index contributed by atoms with van der Waals surface area (Å²) in [5.41, 5.74) is 0. The molecule has 0 bridgehead atoms. The molecule has 0 aliphatic heterocycles. The first-order valence-electron chi connectivity index (χ1n) is 7.94. The van der Waals surface area contributed by atoms with Crippen LogP contribution in [0.4, 0.5) is 0 Å². The van der Waals surface area contributed by atoms with Crippen LogP contribution in [-0.4, -0.2) is 22.8 Å². The topological polar surface area (TPSA) is 43.4 Å². The molecule has 0 spiro atoms. The van der Waals surface area contributed by atoms with Gasteiger partial charge in [-0.15, -0.1) is 0 Å². The number of esters is 1. The Morgan fingerprint density at radius 3 is 2.20 bits per heavy atom. The van der Waals surface area contributed by atoms with Gasteiger partial charge >= 0.3 is 5.97 Å². The van der Waals surface area contributed by atoms with Crippen LogP contribution in [0.1, 0.15) is 64.7 Å². The highest BCUT2D eigenvalue weighted by Gasteiger charge is 2.30. The van der Waals surface area contributed by atoms with Gasteiger partial charge in [-0.2, -0.15) is 0 Å². The fourth-order valence-electron chi connectivity index (χ4n) is 2.76. The number of ketones is 1. The van der Waals surface area contributed by atoms with E-state index in [2.05, 4.69) is 29.5 Å². The summed E-state index contributed by atoms with van der Waals surface area (Å²) in [4.78, 5) is 23.5. The van der Waals surface area contributed by atoms with Gasteiger partial charge in [-0.3, -0.25) is 9.59 Å². The first-order valence-corrected chi connectivity index (χ1v) is 9.46. The lowest BCUT2D eigenvalue weighted by Gasteiger charge is -2.25. The van der Waals surface area contributed by atoms with Gasteiger partial charge in [-0.05, 0) is 32.1 Å². The van der Waals surface area contributed by atoms with Crippen molar-refractivity contribution < 1.29 is 14.3 Å². The van der Waals surface area contributed by atoms with Gasteiger partial charge in [0.15, 0.2) is 0 Å². The fraction of sp³-hybridized carbons (Fsp3) is 0.875. The van der Waals surface area contributed by atoms with Crippen LogP contribution in [0.2, 0.25) is 0 Å². The second kappa shape index (κ2) is 10.6. The highest BCUT2D eigenvalue weighted by molar-refractivity contribution is 14.1.